The number of aryl methyl sites for hydroxylation is 1. The normalized spacial score (nSPS) is 10.3. The predicted molar refractivity (Wildman–Crippen MR) is 89.9 cm³/mol. The van der Waals surface area contributed by atoms with E-state index in [4.69, 9.17) is 0 Å². The van der Waals surface area contributed by atoms with Crippen molar-refractivity contribution in [3.8, 4) is 5.69 Å². The molecule has 0 bridgehead atoms. The van der Waals surface area contributed by atoms with Crippen molar-refractivity contribution in [2.75, 3.05) is 10.6 Å². The van der Waals surface area contributed by atoms with Gasteiger partial charge in [-0.25, -0.2) is 9.78 Å². The third-order valence-electron chi connectivity index (χ3n) is 3.57. The van der Waals surface area contributed by atoms with E-state index >= 15 is 0 Å². The highest BCUT2D eigenvalue weighted by Crippen LogP contribution is 2.17. The van der Waals surface area contributed by atoms with Crippen molar-refractivity contribution < 1.29 is 4.79 Å². The summed E-state index contributed by atoms with van der Waals surface area (Å²) in [5, 5.41) is 5.51. The van der Waals surface area contributed by atoms with E-state index in [2.05, 4.69) is 20.6 Å². The van der Waals surface area contributed by atoms with E-state index < -0.39 is 0 Å². The van der Waals surface area contributed by atoms with Gasteiger partial charge in [0.2, 0.25) is 0 Å². The van der Waals surface area contributed by atoms with E-state index in [-0.39, 0.29) is 6.03 Å². The summed E-state index contributed by atoms with van der Waals surface area (Å²) in [4.78, 5) is 20.2. The van der Waals surface area contributed by atoms with Crippen molar-refractivity contribution in [1.29, 1.82) is 0 Å². The number of urea groups is 1. The number of carbonyl (C=O) groups excluding carboxylic acids is 1. The minimum atomic E-state index is -0.305. The highest BCUT2D eigenvalue weighted by molar-refractivity contribution is 5.99. The summed E-state index contributed by atoms with van der Waals surface area (Å²) < 4.78 is 2.01. The van der Waals surface area contributed by atoms with Crippen molar-refractivity contribution in [2.45, 2.75) is 13.8 Å². The number of aromatic nitrogens is 3. The van der Waals surface area contributed by atoms with Gasteiger partial charge < -0.3 is 15.2 Å². The van der Waals surface area contributed by atoms with Gasteiger partial charge in [0.1, 0.15) is 0 Å². The van der Waals surface area contributed by atoms with Crippen molar-refractivity contribution in [1.82, 2.24) is 14.5 Å². The minimum absolute atomic E-state index is 0.305. The Bertz CT molecular complexity index is 809. The Labute approximate surface area is 134 Å². The molecule has 23 heavy (non-hydrogen) atoms. The number of anilines is 2. The van der Waals surface area contributed by atoms with Gasteiger partial charge in [-0.15, -0.1) is 0 Å². The van der Waals surface area contributed by atoms with Gasteiger partial charge >= 0.3 is 6.03 Å². The summed E-state index contributed by atoms with van der Waals surface area (Å²) in [6.07, 6.45) is 5.04. The summed E-state index contributed by atoms with van der Waals surface area (Å²) in [6, 6.07) is 10.8. The minimum Gasteiger partial charge on any atom is -0.308 e. The lowest BCUT2D eigenvalue weighted by Crippen LogP contribution is -2.19. The molecule has 6 heteroatoms. The number of benzene rings is 1. The standard InChI is InChI=1S/C17H17N5O/c1-12-13(2)22(11-19-12)16-7-5-14(6-8-16)20-17(23)21-15-4-3-9-18-10-15/h3-11H,1-2H3,(H2,20,21,23). The molecule has 0 aliphatic rings. The van der Waals surface area contributed by atoms with Crippen molar-refractivity contribution in [3.63, 3.8) is 0 Å². The van der Waals surface area contributed by atoms with Crippen molar-refractivity contribution in [2.24, 2.45) is 0 Å². The molecule has 2 amide bonds. The number of amides is 2. The number of hydrogen-bond donors (Lipinski definition) is 2. The zero-order valence-corrected chi connectivity index (χ0v) is 12.9. The molecule has 1 aromatic carbocycles. The van der Waals surface area contributed by atoms with Crippen molar-refractivity contribution in [3.05, 3.63) is 66.5 Å². The molecule has 0 fully saturated rings. The predicted octanol–water partition coefficient (Wildman–Crippen LogP) is 3.53. The van der Waals surface area contributed by atoms with Gasteiger partial charge in [0.15, 0.2) is 0 Å². The Morgan fingerprint density at radius 1 is 1.04 bits per heavy atom. The van der Waals surface area contributed by atoms with E-state index in [1.807, 2.05) is 42.7 Å². The molecule has 0 aliphatic heterocycles. The first-order valence-corrected chi connectivity index (χ1v) is 7.22. The maximum Gasteiger partial charge on any atom is 0.323 e. The number of nitrogens with one attached hydrogen (secondary N) is 2. The van der Waals surface area contributed by atoms with Crippen LogP contribution >= 0.6 is 0 Å². The molecule has 0 unspecified atom stereocenters. The lowest BCUT2D eigenvalue weighted by molar-refractivity contribution is 0.262. The molecule has 0 radical (unpaired) electrons. The monoisotopic (exact) mass is 307 g/mol. The number of carbonyl (C=O) groups is 1. The molecule has 2 heterocycles. The summed E-state index contributed by atoms with van der Waals surface area (Å²) in [5.41, 5.74) is 4.46. The zero-order chi connectivity index (χ0) is 16.2. The molecule has 0 saturated carbocycles. The van der Waals surface area contributed by atoms with Gasteiger partial charge in [0.05, 0.1) is 23.9 Å². The summed E-state index contributed by atoms with van der Waals surface area (Å²) in [7, 11) is 0. The second-order valence-electron chi connectivity index (χ2n) is 5.15. The van der Waals surface area contributed by atoms with Crippen LogP contribution in [-0.2, 0) is 0 Å². The summed E-state index contributed by atoms with van der Waals surface area (Å²) in [6.45, 7) is 4.00. The van der Waals surface area contributed by atoms with E-state index in [9.17, 15) is 4.79 Å². The highest BCUT2D eigenvalue weighted by Gasteiger charge is 2.06. The number of rotatable bonds is 3. The van der Waals surface area contributed by atoms with Crippen LogP contribution in [0.25, 0.3) is 5.69 Å². The fourth-order valence-electron chi connectivity index (χ4n) is 2.19. The SMILES string of the molecule is Cc1ncn(-c2ccc(NC(=O)Nc3cccnc3)cc2)c1C. The summed E-state index contributed by atoms with van der Waals surface area (Å²) in [5.74, 6) is 0. The topological polar surface area (TPSA) is 71.8 Å². The van der Waals surface area contributed by atoms with E-state index in [0.717, 1.165) is 17.1 Å². The molecule has 2 aromatic heterocycles. The highest BCUT2D eigenvalue weighted by atomic mass is 16.2. The van der Waals surface area contributed by atoms with Gasteiger partial charge in [-0.1, -0.05) is 0 Å². The molecule has 3 aromatic rings. The number of nitrogens with zero attached hydrogens (tertiary/aromatic N) is 3. The maximum atomic E-state index is 11.9. The number of imidazole rings is 1. The van der Waals surface area contributed by atoms with Crippen LogP contribution in [0, 0.1) is 13.8 Å². The molecular formula is C17H17N5O. The Balaban J connectivity index is 1.68. The Kier molecular flexibility index (Phi) is 4.05. The molecule has 0 atom stereocenters. The Morgan fingerprint density at radius 3 is 2.39 bits per heavy atom. The fourth-order valence-corrected chi connectivity index (χ4v) is 2.19. The van der Waals surface area contributed by atoms with E-state index in [1.165, 1.54) is 0 Å². The quantitative estimate of drug-likeness (QED) is 0.777. The van der Waals surface area contributed by atoms with Gasteiger partial charge in [-0.3, -0.25) is 4.98 Å². The lowest BCUT2D eigenvalue weighted by atomic mass is 10.2. The average molecular weight is 307 g/mol. The smallest absolute Gasteiger partial charge is 0.308 e. The molecule has 0 aliphatic carbocycles. The molecule has 6 nitrogen and oxygen atoms in total. The van der Waals surface area contributed by atoms with Crippen LogP contribution in [0.2, 0.25) is 0 Å². The molecule has 0 saturated heterocycles. The number of pyridine rings is 1. The van der Waals surface area contributed by atoms with Gasteiger partial charge in [-0.05, 0) is 50.2 Å². The van der Waals surface area contributed by atoms with Crippen LogP contribution in [0.5, 0.6) is 0 Å². The average Bonchev–Trinajstić information content (AvgIpc) is 2.89. The van der Waals surface area contributed by atoms with E-state index in [0.29, 0.717) is 11.4 Å². The van der Waals surface area contributed by atoms with Crippen molar-refractivity contribution >= 4 is 17.4 Å². The first kappa shape index (κ1) is 14.8. The lowest BCUT2D eigenvalue weighted by Gasteiger charge is -2.09. The first-order valence-electron chi connectivity index (χ1n) is 7.22. The van der Waals surface area contributed by atoms with Gasteiger partial charge in [0, 0.05) is 23.3 Å². The molecule has 3 rings (SSSR count). The largest absolute Gasteiger partial charge is 0.323 e. The Morgan fingerprint density at radius 2 is 1.78 bits per heavy atom. The zero-order valence-electron chi connectivity index (χ0n) is 12.9. The van der Waals surface area contributed by atoms with Crippen LogP contribution in [0.3, 0.4) is 0 Å². The third-order valence-corrected chi connectivity index (χ3v) is 3.57. The van der Waals surface area contributed by atoms with Crippen LogP contribution in [-0.4, -0.2) is 20.6 Å². The fraction of sp³-hybridized carbons (Fsp3) is 0.118. The van der Waals surface area contributed by atoms with Crippen LogP contribution < -0.4 is 10.6 Å². The number of hydrogen-bond acceptors (Lipinski definition) is 3. The van der Waals surface area contributed by atoms with E-state index in [1.54, 1.807) is 30.9 Å². The maximum absolute atomic E-state index is 11.9. The molecule has 2 N–H and O–H groups in total. The second-order valence-corrected chi connectivity index (χ2v) is 5.15. The summed E-state index contributed by atoms with van der Waals surface area (Å²) >= 11 is 0. The van der Waals surface area contributed by atoms with Gasteiger partial charge in [0.25, 0.3) is 0 Å². The van der Waals surface area contributed by atoms with Crippen LogP contribution in [0.15, 0.2) is 55.1 Å². The molecule has 0 spiro atoms. The van der Waals surface area contributed by atoms with Crippen LogP contribution in [0.4, 0.5) is 16.2 Å². The third kappa shape index (κ3) is 3.37. The second kappa shape index (κ2) is 6.31. The molecule has 116 valence electrons. The first-order chi connectivity index (χ1) is 11.1. The van der Waals surface area contributed by atoms with Crippen LogP contribution in [0.1, 0.15) is 11.4 Å². The Hall–Kier alpha value is -3.15. The molecular weight excluding hydrogens is 290 g/mol. The van der Waals surface area contributed by atoms with Gasteiger partial charge in [-0.2, -0.15) is 0 Å².